The first kappa shape index (κ1) is 16.5. The molecule has 1 atom stereocenters. The predicted molar refractivity (Wildman–Crippen MR) is 83.7 cm³/mol. The maximum atomic E-state index is 13.3. The molecular weight excluding hydrogens is 363 g/mol. The van der Waals surface area contributed by atoms with Gasteiger partial charge >= 0.3 is 6.18 Å². The van der Waals surface area contributed by atoms with Gasteiger partial charge in [0.05, 0.1) is 11.6 Å². The minimum absolute atomic E-state index is 0.259. The Hall–Kier alpha value is -0.850. The molecule has 0 aliphatic carbocycles. The number of hydrogen-bond acceptors (Lipinski definition) is 2. The monoisotopic (exact) mass is 377 g/mol. The molecule has 0 saturated carbocycles. The van der Waals surface area contributed by atoms with Crippen LogP contribution in [0.2, 0.25) is 0 Å². The highest BCUT2D eigenvalue weighted by Gasteiger charge is 2.36. The molecular formula is C15H15BrF3NS. The minimum Gasteiger partial charge on any atom is -0.306 e. The van der Waals surface area contributed by atoms with Gasteiger partial charge in [0, 0.05) is 14.2 Å². The molecule has 1 aromatic heterocycles. The molecule has 0 fully saturated rings. The second-order valence-corrected chi connectivity index (χ2v) is 6.90. The zero-order valence-electron chi connectivity index (χ0n) is 11.6. The van der Waals surface area contributed by atoms with Gasteiger partial charge in [-0.25, -0.2) is 0 Å². The van der Waals surface area contributed by atoms with Crippen LogP contribution < -0.4 is 5.32 Å². The average Bonchev–Trinajstić information content (AvgIpc) is 2.82. The van der Waals surface area contributed by atoms with Crippen molar-refractivity contribution in [1.82, 2.24) is 5.32 Å². The third-order valence-electron chi connectivity index (χ3n) is 3.09. The number of thiophene rings is 1. The summed E-state index contributed by atoms with van der Waals surface area (Å²) in [5.41, 5.74) is -0.344. The largest absolute Gasteiger partial charge is 0.416 e. The molecule has 0 radical (unpaired) electrons. The summed E-state index contributed by atoms with van der Waals surface area (Å²) in [5, 5.41) is 3.16. The SMILES string of the molecule is CCNC(c1ccc(C)s1)c1ccc(Br)cc1C(F)(F)F. The van der Waals surface area contributed by atoms with E-state index in [9.17, 15) is 13.2 Å². The van der Waals surface area contributed by atoms with Crippen LogP contribution in [0.15, 0.2) is 34.8 Å². The van der Waals surface area contributed by atoms with Crippen molar-refractivity contribution in [3.63, 3.8) is 0 Å². The lowest BCUT2D eigenvalue weighted by atomic mass is 9.98. The summed E-state index contributed by atoms with van der Waals surface area (Å²) in [6.07, 6.45) is -4.38. The van der Waals surface area contributed by atoms with E-state index in [2.05, 4.69) is 21.2 Å². The van der Waals surface area contributed by atoms with Gasteiger partial charge in [0.15, 0.2) is 0 Å². The van der Waals surface area contributed by atoms with Gasteiger partial charge < -0.3 is 5.32 Å². The minimum atomic E-state index is -4.38. The van der Waals surface area contributed by atoms with Crippen molar-refractivity contribution in [3.05, 3.63) is 55.7 Å². The van der Waals surface area contributed by atoms with Crippen molar-refractivity contribution in [2.75, 3.05) is 6.54 Å². The summed E-state index contributed by atoms with van der Waals surface area (Å²) >= 11 is 4.63. The molecule has 1 N–H and O–H groups in total. The van der Waals surface area contributed by atoms with Gasteiger partial charge in [-0.05, 0) is 43.3 Å². The van der Waals surface area contributed by atoms with Crippen molar-refractivity contribution >= 4 is 27.3 Å². The van der Waals surface area contributed by atoms with Crippen LogP contribution in [-0.2, 0) is 6.18 Å². The first-order chi connectivity index (χ1) is 9.82. The summed E-state index contributed by atoms with van der Waals surface area (Å²) in [5.74, 6) is 0. The van der Waals surface area contributed by atoms with E-state index in [1.807, 2.05) is 26.0 Å². The highest BCUT2D eigenvalue weighted by Crippen LogP contribution is 2.39. The van der Waals surface area contributed by atoms with E-state index in [0.29, 0.717) is 11.0 Å². The molecule has 2 aromatic rings. The molecule has 0 saturated heterocycles. The number of alkyl halides is 3. The molecule has 0 aliphatic heterocycles. The summed E-state index contributed by atoms with van der Waals surface area (Å²) in [6, 6.07) is 7.69. The third kappa shape index (κ3) is 3.87. The zero-order chi connectivity index (χ0) is 15.6. The van der Waals surface area contributed by atoms with Crippen LogP contribution >= 0.6 is 27.3 Å². The Morgan fingerprint density at radius 1 is 1.24 bits per heavy atom. The Bertz CT molecular complexity index is 622. The molecule has 2 rings (SSSR count). The quantitative estimate of drug-likeness (QED) is 0.737. The topological polar surface area (TPSA) is 12.0 Å². The fourth-order valence-corrected chi connectivity index (χ4v) is 3.54. The van der Waals surface area contributed by atoms with E-state index in [0.717, 1.165) is 15.8 Å². The normalized spacial score (nSPS) is 13.4. The molecule has 0 bridgehead atoms. The predicted octanol–water partition coefficient (Wildman–Crippen LogP) is 5.54. The molecule has 0 amide bonds. The van der Waals surface area contributed by atoms with Crippen LogP contribution in [0.4, 0.5) is 13.2 Å². The smallest absolute Gasteiger partial charge is 0.306 e. The Morgan fingerprint density at radius 2 is 1.95 bits per heavy atom. The second kappa shape index (κ2) is 6.50. The number of hydrogen-bond donors (Lipinski definition) is 1. The fourth-order valence-electron chi connectivity index (χ4n) is 2.20. The summed E-state index contributed by atoms with van der Waals surface area (Å²) < 4.78 is 40.3. The second-order valence-electron chi connectivity index (χ2n) is 4.67. The van der Waals surface area contributed by atoms with Gasteiger partial charge in [-0.2, -0.15) is 13.2 Å². The fraction of sp³-hybridized carbons (Fsp3) is 0.333. The van der Waals surface area contributed by atoms with Gasteiger partial charge in [0.1, 0.15) is 0 Å². The number of aryl methyl sites for hydroxylation is 1. The van der Waals surface area contributed by atoms with E-state index < -0.39 is 17.8 Å². The average molecular weight is 378 g/mol. The summed E-state index contributed by atoms with van der Waals surface area (Å²) in [7, 11) is 0. The molecule has 1 heterocycles. The lowest BCUT2D eigenvalue weighted by molar-refractivity contribution is -0.138. The molecule has 6 heteroatoms. The number of nitrogens with one attached hydrogen (secondary N) is 1. The number of rotatable bonds is 4. The van der Waals surface area contributed by atoms with Crippen LogP contribution in [-0.4, -0.2) is 6.54 Å². The van der Waals surface area contributed by atoms with Crippen LogP contribution in [0.5, 0.6) is 0 Å². The maximum absolute atomic E-state index is 13.3. The highest BCUT2D eigenvalue weighted by molar-refractivity contribution is 9.10. The van der Waals surface area contributed by atoms with Crippen LogP contribution in [0.25, 0.3) is 0 Å². The van der Waals surface area contributed by atoms with E-state index >= 15 is 0 Å². The van der Waals surface area contributed by atoms with Crippen molar-refractivity contribution in [2.24, 2.45) is 0 Å². The van der Waals surface area contributed by atoms with Gasteiger partial charge in [0.2, 0.25) is 0 Å². The van der Waals surface area contributed by atoms with E-state index in [1.54, 1.807) is 6.07 Å². The molecule has 0 spiro atoms. The van der Waals surface area contributed by atoms with Crippen molar-refractivity contribution in [2.45, 2.75) is 26.1 Å². The molecule has 1 nitrogen and oxygen atoms in total. The van der Waals surface area contributed by atoms with E-state index in [-0.39, 0.29) is 5.56 Å². The first-order valence-electron chi connectivity index (χ1n) is 6.49. The van der Waals surface area contributed by atoms with Crippen LogP contribution in [0, 0.1) is 6.92 Å². The lowest BCUT2D eigenvalue weighted by Gasteiger charge is -2.22. The van der Waals surface area contributed by atoms with Crippen molar-refractivity contribution in [1.29, 1.82) is 0 Å². The Kier molecular flexibility index (Phi) is 5.11. The molecule has 1 unspecified atom stereocenters. The van der Waals surface area contributed by atoms with Gasteiger partial charge in [-0.15, -0.1) is 11.3 Å². The zero-order valence-corrected chi connectivity index (χ0v) is 14.0. The molecule has 1 aromatic carbocycles. The lowest BCUT2D eigenvalue weighted by Crippen LogP contribution is -2.24. The molecule has 21 heavy (non-hydrogen) atoms. The maximum Gasteiger partial charge on any atom is 0.416 e. The summed E-state index contributed by atoms with van der Waals surface area (Å²) in [6.45, 7) is 4.43. The Balaban J connectivity index is 2.55. The van der Waals surface area contributed by atoms with Gasteiger partial charge in [0.25, 0.3) is 0 Å². The van der Waals surface area contributed by atoms with Gasteiger partial charge in [-0.1, -0.05) is 28.9 Å². The van der Waals surface area contributed by atoms with Gasteiger partial charge in [-0.3, -0.25) is 0 Å². The molecule has 114 valence electrons. The van der Waals surface area contributed by atoms with Crippen molar-refractivity contribution < 1.29 is 13.2 Å². The highest BCUT2D eigenvalue weighted by atomic mass is 79.9. The molecule has 0 aliphatic rings. The van der Waals surface area contributed by atoms with Crippen LogP contribution in [0.3, 0.4) is 0 Å². The first-order valence-corrected chi connectivity index (χ1v) is 8.10. The number of benzene rings is 1. The van der Waals surface area contributed by atoms with E-state index in [4.69, 9.17) is 0 Å². The number of halogens is 4. The van der Waals surface area contributed by atoms with Crippen LogP contribution in [0.1, 0.15) is 33.8 Å². The third-order valence-corrected chi connectivity index (χ3v) is 4.64. The Morgan fingerprint density at radius 3 is 2.48 bits per heavy atom. The Labute approximate surface area is 134 Å². The standard InChI is InChI=1S/C15H15BrF3NS/c1-3-20-14(13-7-4-9(2)21-13)11-6-5-10(16)8-12(11)15(17,18)19/h4-8,14,20H,3H2,1-2H3. The van der Waals surface area contributed by atoms with E-state index in [1.165, 1.54) is 17.4 Å². The van der Waals surface area contributed by atoms with Crippen molar-refractivity contribution in [3.8, 4) is 0 Å². The summed E-state index contributed by atoms with van der Waals surface area (Å²) in [4.78, 5) is 1.97.